The van der Waals surface area contributed by atoms with Gasteiger partial charge in [0.25, 0.3) is 0 Å². The Labute approximate surface area is 188 Å². The standard InChI is InChI=1S/C25H32O7/c1-15-2-5-17(25-24(29)23(28)22(27)21(14-26)32-25)13-18(15)12-16-3-6-19(7-4-16)31-20-8-10-30-11-9-20/h2-7,13,20-29H,8-12,14H2,1H3/t21?,22-,23+,24-,25+/m1/s1. The maximum absolute atomic E-state index is 10.5. The molecular formula is C25H32O7. The zero-order valence-corrected chi connectivity index (χ0v) is 18.3. The summed E-state index contributed by atoms with van der Waals surface area (Å²) in [6.07, 6.45) is -3.09. The van der Waals surface area contributed by atoms with Crippen LogP contribution in [0.15, 0.2) is 42.5 Å². The lowest BCUT2D eigenvalue weighted by atomic mass is 9.89. The Morgan fingerprint density at radius 1 is 0.938 bits per heavy atom. The second kappa shape index (κ2) is 10.3. The molecule has 4 N–H and O–H groups in total. The molecule has 2 saturated heterocycles. The zero-order valence-electron chi connectivity index (χ0n) is 18.3. The normalized spacial score (nSPS) is 29.1. The van der Waals surface area contributed by atoms with Crippen LogP contribution in [0.2, 0.25) is 0 Å². The van der Waals surface area contributed by atoms with E-state index in [1.54, 1.807) is 0 Å². The maximum Gasteiger partial charge on any atom is 0.119 e. The van der Waals surface area contributed by atoms with Crippen LogP contribution in [0.25, 0.3) is 0 Å². The molecule has 2 aliphatic rings. The molecule has 4 rings (SSSR count). The van der Waals surface area contributed by atoms with E-state index in [9.17, 15) is 20.4 Å². The van der Waals surface area contributed by atoms with Crippen LogP contribution in [0, 0.1) is 6.92 Å². The van der Waals surface area contributed by atoms with Crippen molar-refractivity contribution in [3.8, 4) is 5.75 Å². The van der Waals surface area contributed by atoms with Gasteiger partial charge in [-0.3, -0.25) is 0 Å². The van der Waals surface area contributed by atoms with Crippen LogP contribution in [0.3, 0.4) is 0 Å². The number of hydrogen-bond acceptors (Lipinski definition) is 7. The zero-order chi connectivity index (χ0) is 22.7. The van der Waals surface area contributed by atoms with E-state index in [4.69, 9.17) is 14.2 Å². The van der Waals surface area contributed by atoms with Gasteiger partial charge >= 0.3 is 0 Å². The summed E-state index contributed by atoms with van der Waals surface area (Å²) in [5.41, 5.74) is 3.98. The third-order valence-electron chi connectivity index (χ3n) is 6.38. The van der Waals surface area contributed by atoms with Crippen molar-refractivity contribution in [1.82, 2.24) is 0 Å². The van der Waals surface area contributed by atoms with E-state index in [-0.39, 0.29) is 6.10 Å². The molecule has 1 unspecified atom stereocenters. The first-order chi connectivity index (χ1) is 15.5. The Morgan fingerprint density at radius 2 is 1.66 bits per heavy atom. The largest absolute Gasteiger partial charge is 0.490 e. The number of aliphatic hydroxyl groups is 4. The minimum absolute atomic E-state index is 0.201. The van der Waals surface area contributed by atoms with Crippen LogP contribution in [-0.2, 0) is 15.9 Å². The Morgan fingerprint density at radius 3 is 2.34 bits per heavy atom. The molecule has 5 atom stereocenters. The summed E-state index contributed by atoms with van der Waals surface area (Å²) >= 11 is 0. The number of aryl methyl sites for hydroxylation is 1. The third-order valence-corrected chi connectivity index (χ3v) is 6.38. The van der Waals surface area contributed by atoms with E-state index in [1.165, 1.54) is 0 Å². The minimum Gasteiger partial charge on any atom is -0.490 e. The fraction of sp³-hybridized carbons (Fsp3) is 0.520. The van der Waals surface area contributed by atoms with Crippen LogP contribution in [-0.4, -0.2) is 70.8 Å². The lowest BCUT2D eigenvalue weighted by molar-refractivity contribution is -0.231. The minimum atomic E-state index is -1.39. The fourth-order valence-corrected chi connectivity index (χ4v) is 4.33. The van der Waals surface area contributed by atoms with Crippen LogP contribution in [0.1, 0.15) is 41.2 Å². The topological polar surface area (TPSA) is 109 Å². The van der Waals surface area contributed by atoms with Crippen LogP contribution < -0.4 is 4.74 Å². The maximum atomic E-state index is 10.5. The highest BCUT2D eigenvalue weighted by Gasteiger charge is 2.43. The molecule has 7 heteroatoms. The summed E-state index contributed by atoms with van der Waals surface area (Å²) in [6.45, 7) is 3.07. The van der Waals surface area contributed by atoms with Gasteiger partial charge in [0.2, 0.25) is 0 Å². The summed E-state index contributed by atoms with van der Waals surface area (Å²) in [4.78, 5) is 0. The van der Waals surface area contributed by atoms with E-state index < -0.39 is 37.1 Å². The van der Waals surface area contributed by atoms with Crippen molar-refractivity contribution in [2.75, 3.05) is 19.8 Å². The number of benzene rings is 2. The molecule has 0 amide bonds. The first-order valence-corrected chi connectivity index (χ1v) is 11.2. The van der Waals surface area contributed by atoms with Gasteiger partial charge in [0.1, 0.15) is 42.4 Å². The molecule has 2 aromatic carbocycles. The summed E-state index contributed by atoms with van der Waals surface area (Å²) < 4.78 is 17.1. The van der Waals surface area contributed by atoms with Gasteiger partial charge in [0, 0.05) is 12.8 Å². The average Bonchev–Trinajstić information content (AvgIpc) is 2.81. The molecule has 0 spiro atoms. The number of rotatable bonds is 6. The predicted molar refractivity (Wildman–Crippen MR) is 118 cm³/mol. The highest BCUT2D eigenvalue weighted by Crippen LogP contribution is 2.33. The predicted octanol–water partition coefficient (Wildman–Crippen LogP) is 1.66. The lowest BCUT2D eigenvalue weighted by Crippen LogP contribution is -2.55. The van der Waals surface area contributed by atoms with Crippen LogP contribution >= 0.6 is 0 Å². The summed E-state index contributed by atoms with van der Waals surface area (Å²) in [5.74, 6) is 0.854. The molecule has 0 saturated carbocycles. The van der Waals surface area contributed by atoms with Crippen molar-refractivity contribution < 1.29 is 34.6 Å². The van der Waals surface area contributed by atoms with E-state index in [2.05, 4.69) is 12.1 Å². The number of aliphatic hydroxyl groups excluding tert-OH is 4. The molecule has 2 heterocycles. The highest BCUT2D eigenvalue weighted by atomic mass is 16.5. The molecule has 2 aromatic rings. The lowest BCUT2D eigenvalue weighted by Gasteiger charge is -2.40. The van der Waals surface area contributed by atoms with E-state index in [0.717, 1.165) is 48.5 Å². The van der Waals surface area contributed by atoms with Crippen molar-refractivity contribution in [3.05, 3.63) is 64.7 Å². The Bertz CT molecular complexity index is 876. The van der Waals surface area contributed by atoms with Crippen molar-refractivity contribution >= 4 is 0 Å². The Kier molecular flexibility index (Phi) is 7.45. The highest BCUT2D eigenvalue weighted by molar-refractivity contribution is 5.38. The number of ether oxygens (including phenoxy) is 3. The second-order valence-corrected chi connectivity index (χ2v) is 8.69. The van der Waals surface area contributed by atoms with Crippen molar-refractivity contribution in [3.63, 3.8) is 0 Å². The van der Waals surface area contributed by atoms with Crippen molar-refractivity contribution in [2.24, 2.45) is 0 Å². The molecule has 2 fully saturated rings. The van der Waals surface area contributed by atoms with Gasteiger partial charge in [-0.1, -0.05) is 30.3 Å². The van der Waals surface area contributed by atoms with E-state index in [0.29, 0.717) is 12.0 Å². The monoisotopic (exact) mass is 444 g/mol. The molecule has 0 radical (unpaired) electrons. The van der Waals surface area contributed by atoms with Gasteiger partial charge in [-0.05, 0) is 47.7 Å². The smallest absolute Gasteiger partial charge is 0.119 e. The van der Waals surface area contributed by atoms with Gasteiger partial charge < -0.3 is 34.6 Å². The van der Waals surface area contributed by atoms with E-state index in [1.807, 2.05) is 37.3 Å². The van der Waals surface area contributed by atoms with E-state index >= 15 is 0 Å². The first-order valence-electron chi connectivity index (χ1n) is 11.2. The summed E-state index contributed by atoms with van der Waals surface area (Å²) in [6, 6.07) is 13.8. The summed E-state index contributed by atoms with van der Waals surface area (Å²) in [5, 5.41) is 40.1. The van der Waals surface area contributed by atoms with Gasteiger partial charge in [-0.15, -0.1) is 0 Å². The first kappa shape index (κ1) is 23.2. The number of hydrogen-bond donors (Lipinski definition) is 4. The van der Waals surface area contributed by atoms with Gasteiger partial charge in [0.05, 0.1) is 19.8 Å². The second-order valence-electron chi connectivity index (χ2n) is 8.69. The average molecular weight is 445 g/mol. The molecule has 7 nitrogen and oxygen atoms in total. The molecule has 0 bridgehead atoms. The fourth-order valence-electron chi connectivity index (χ4n) is 4.33. The Balaban J connectivity index is 1.47. The van der Waals surface area contributed by atoms with Gasteiger partial charge in [-0.2, -0.15) is 0 Å². The summed E-state index contributed by atoms with van der Waals surface area (Å²) in [7, 11) is 0. The molecule has 2 aliphatic heterocycles. The Hall–Kier alpha value is -2.00. The SMILES string of the molecule is Cc1ccc([C@@H]2OC(CO)[C@@H](O)[C@H](O)[C@H]2O)cc1Cc1ccc(OC2CCOCC2)cc1. The van der Waals surface area contributed by atoms with Crippen molar-refractivity contribution in [2.45, 2.75) is 62.8 Å². The quantitative estimate of drug-likeness (QED) is 0.537. The van der Waals surface area contributed by atoms with Crippen LogP contribution in [0.5, 0.6) is 5.75 Å². The molecule has 0 aliphatic carbocycles. The molecule has 0 aromatic heterocycles. The van der Waals surface area contributed by atoms with Crippen LogP contribution in [0.4, 0.5) is 0 Å². The molecular weight excluding hydrogens is 412 g/mol. The molecule has 32 heavy (non-hydrogen) atoms. The molecule has 174 valence electrons. The van der Waals surface area contributed by atoms with Crippen molar-refractivity contribution in [1.29, 1.82) is 0 Å². The third kappa shape index (κ3) is 5.14. The van der Waals surface area contributed by atoms with Gasteiger partial charge in [0.15, 0.2) is 0 Å². The van der Waals surface area contributed by atoms with Gasteiger partial charge in [-0.25, -0.2) is 0 Å².